The average molecular weight is 440 g/mol. The number of hydrogen-bond donors (Lipinski definition) is 1. The molecule has 2 amide bonds. The number of rotatable bonds is 5. The van der Waals surface area contributed by atoms with Crippen LogP contribution in [0, 0.1) is 25.7 Å². The maximum Gasteiger partial charge on any atom is 0.253 e. The Morgan fingerprint density at radius 2 is 1.56 bits per heavy atom. The van der Waals surface area contributed by atoms with Crippen LogP contribution < -0.4 is 5.32 Å². The number of nitrogens with one attached hydrogen (secondary N) is 1. The Bertz CT molecular complexity index is 774. The molecule has 1 aromatic rings. The van der Waals surface area contributed by atoms with Crippen molar-refractivity contribution in [1.29, 1.82) is 0 Å². The fourth-order valence-electron chi connectivity index (χ4n) is 5.97. The fourth-order valence-corrected chi connectivity index (χ4v) is 5.97. The van der Waals surface area contributed by atoms with Gasteiger partial charge in [-0.05, 0) is 70.4 Å². The van der Waals surface area contributed by atoms with Gasteiger partial charge in [0.1, 0.15) is 0 Å². The molecule has 0 spiro atoms. The quantitative estimate of drug-likeness (QED) is 0.744. The molecular weight excluding hydrogens is 398 g/mol. The third kappa shape index (κ3) is 6.12. The van der Waals surface area contributed by atoms with Crippen molar-refractivity contribution in [3.05, 3.63) is 34.9 Å². The number of carbonyl (C=O) groups excluding carboxylic acids is 2. The second-order valence-corrected chi connectivity index (χ2v) is 10.6. The SMILES string of the molecule is Cc1cc(C)cc(C(=O)N2CCCC(C(=O)NC3CCN(CC4CCCCC4)CC3)C2)c1. The Hall–Kier alpha value is -1.88. The monoisotopic (exact) mass is 439 g/mol. The molecule has 32 heavy (non-hydrogen) atoms. The van der Waals surface area contributed by atoms with Crippen molar-refractivity contribution in [2.24, 2.45) is 11.8 Å². The second kappa shape index (κ2) is 10.8. The summed E-state index contributed by atoms with van der Waals surface area (Å²) in [6.45, 7) is 8.78. The number of nitrogens with zero attached hydrogens (tertiary/aromatic N) is 2. The first-order valence-corrected chi connectivity index (χ1v) is 12.9. The van der Waals surface area contributed by atoms with E-state index in [4.69, 9.17) is 0 Å². The highest BCUT2D eigenvalue weighted by atomic mass is 16.2. The van der Waals surface area contributed by atoms with Gasteiger partial charge in [0.15, 0.2) is 0 Å². The summed E-state index contributed by atoms with van der Waals surface area (Å²) in [7, 11) is 0. The zero-order chi connectivity index (χ0) is 22.5. The standard InChI is InChI=1S/C27H41N3O2/c1-20-15-21(2)17-24(16-20)27(32)30-12-6-9-23(19-30)26(31)28-25-10-13-29(14-11-25)18-22-7-4-3-5-8-22/h15-17,22-23,25H,3-14,18-19H2,1-2H3,(H,28,31). The lowest BCUT2D eigenvalue weighted by molar-refractivity contribution is -0.127. The van der Waals surface area contributed by atoms with Crippen molar-refractivity contribution in [2.45, 2.75) is 77.7 Å². The molecule has 2 saturated heterocycles. The van der Waals surface area contributed by atoms with Crippen LogP contribution in [0.2, 0.25) is 0 Å². The summed E-state index contributed by atoms with van der Waals surface area (Å²) in [6, 6.07) is 6.29. The molecule has 0 aromatic heterocycles. The van der Waals surface area contributed by atoms with Crippen LogP contribution in [0.25, 0.3) is 0 Å². The average Bonchev–Trinajstić information content (AvgIpc) is 2.80. The van der Waals surface area contributed by atoms with E-state index in [0.29, 0.717) is 6.54 Å². The number of benzene rings is 1. The van der Waals surface area contributed by atoms with E-state index in [0.717, 1.165) is 67.9 Å². The van der Waals surface area contributed by atoms with Gasteiger partial charge >= 0.3 is 0 Å². The van der Waals surface area contributed by atoms with Crippen molar-refractivity contribution in [3.63, 3.8) is 0 Å². The van der Waals surface area contributed by atoms with E-state index < -0.39 is 0 Å². The summed E-state index contributed by atoms with van der Waals surface area (Å²) in [5, 5.41) is 3.33. The highest BCUT2D eigenvalue weighted by Gasteiger charge is 2.31. The molecule has 4 rings (SSSR count). The molecule has 0 radical (unpaired) electrons. The minimum atomic E-state index is -0.0844. The molecular formula is C27H41N3O2. The predicted octanol–water partition coefficient (Wildman–Crippen LogP) is 4.32. The normalized spacial score (nSPS) is 23.8. The zero-order valence-electron chi connectivity index (χ0n) is 20.1. The van der Waals surface area contributed by atoms with Gasteiger partial charge in [0.05, 0.1) is 5.92 Å². The third-order valence-electron chi connectivity index (χ3n) is 7.72. The molecule has 3 fully saturated rings. The van der Waals surface area contributed by atoms with Gasteiger partial charge in [0, 0.05) is 44.3 Å². The van der Waals surface area contributed by atoms with E-state index in [2.05, 4.69) is 16.3 Å². The van der Waals surface area contributed by atoms with Gasteiger partial charge < -0.3 is 15.1 Å². The summed E-state index contributed by atoms with van der Waals surface area (Å²) in [4.78, 5) is 30.6. The Kier molecular flexibility index (Phi) is 7.88. The third-order valence-corrected chi connectivity index (χ3v) is 7.72. The van der Waals surface area contributed by atoms with Crippen molar-refractivity contribution in [2.75, 3.05) is 32.7 Å². The van der Waals surface area contributed by atoms with E-state index >= 15 is 0 Å². The minimum absolute atomic E-state index is 0.0605. The first-order chi connectivity index (χ1) is 15.5. The zero-order valence-corrected chi connectivity index (χ0v) is 20.1. The highest BCUT2D eigenvalue weighted by Crippen LogP contribution is 2.26. The predicted molar refractivity (Wildman–Crippen MR) is 129 cm³/mol. The van der Waals surface area contributed by atoms with Gasteiger partial charge in [-0.25, -0.2) is 0 Å². The van der Waals surface area contributed by atoms with E-state index in [9.17, 15) is 9.59 Å². The summed E-state index contributed by atoms with van der Waals surface area (Å²) in [5.41, 5.74) is 2.96. The van der Waals surface area contributed by atoms with Crippen molar-refractivity contribution < 1.29 is 9.59 Å². The van der Waals surface area contributed by atoms with Crippen molar-refractivity contribution in [1.82, 2.24) is 15.1 Å². The van der Waals surface area contributed by atoms with Crippen LogP contribution in [0.4, 0.5) is 0 Å². The van der Waals surface area contributed by atoms with E-state index in [1.165, 1.54) is 38.6 Å². The van der Waals surface area contributed by atoms with Crippen molar-refractivity contribution in [3.8, 4) is 0 Å². The Morgan fingerprint density at radius 3 is 2.25 bits per heavy atom. The first-order valence-electron chi connectivity index (χ1n) is 12.9. The molecule has 5 nitrogen and oxygen atoms in total. The van der Waals surface area contributed by atoms with Gasteiger partial charge in [-0.3, -0.25) is 9.59 Å². The number of carbonyl (C=O) groups is 2. The smallest absolute Gasteiger partial charge is 0.253 e. The van der Waals surface area contributed by atoms with Crippen molar-refractivity contribution >= 4 is 11.8 Å². The summed E-state index contributed by atoms with van der Waals surface area (Å²) >= 11 is 0. The molecule has 1 aliphatic carbocycles. The van der Waals surface area contributed by atoms with Gasteiger partial charge in [-0.1, -0.05) is 36.5 Å². The lowest BCUT2D eigenvalue weighted by Crippen LogP contribution is -2.50. The van der Waals surface area contributed by atoms with Gasteiger partial charge in [0.2, 0.25) is 5.91 Å². The van der Waals surface area contributed by atoms with E-state index in [1.807, 2.05) is 30.9 Å². The maximum absolute atomic E-state index is 13.1. The molecule has 1 N–H and O–H groups in total. The molecule has 1 saturated carbocycles. The molecule has 1 aromatic carbocycles. The Morgan fingerprint density at radius 1 is 0.875 bits per heavy atom. The van der Waals surface area contributed by atoms with Crippen LogP contribution >= 0.6 is 0 Å². The number of hydrogen-bond acceptors (Lipinski definition) is 3. The maximum atomic E-state index is 13.1. The Labute approximate surface area is 193 Å². The molecule has 2 heterocycles. The number of aryl methyl sites for hydroxylation is 2. The lowest BCUT2D eigenvalue weighted by Gasteiger charge is -2.37. The minimum Gasteiger partial charge on any atom is -0.353 e. The summed E-state index contributed by atoms with van der Waals surface area (Å²) in [6.07, 6.45) is 10.9. The Balaban J connectivity index is 1.24. The van der Waals surface area contributed by atoms with Crippen LogP contribution in [0.15, 0.2) is 18.2 Å². The van der Waals surface area contributed by atoms with Crippen LogP contribution in [0.1, 0.15) is 79.3 Å². The van der Waals surface area contributed by atoms with Gasteiger partial charge in [-0.2, -0.15) is 0 Å². The topological polar surface area (TPSA) is 52.7 Å². The second-order valence-electron chi connectivity index (χ2n) is 10.6. The summed E-state index contributed by atoms with van der Waals surface area (Å²) < 4.78 is 0. The largest absolute Gasteiger partial charge is 0.353 e. The lowest BCUT2D eigenvalue weighted by atomic mass is 9.88. The van der Waals surface area contributed by atoms with Crippen LogP contribution in [-0.2, 0) is 4.79 Å². The van der Waals surface area contributed by atoms with Crippen LogP contribution in [0.5, 0.6) is 0 Å². The molecule has 1 unspecified atom stereocenters. The van der Waals surface area contributed by atoms with E-state index in [1.54, 1.807) is 0 Å². The highest BCUT2D eigenvalue weighted by molar-refractivity contribution is 5.95. The molecule has 1 atom stereocenters. The number of piperidine rings is 2. The summed E-state index contributed by atoms with van der Waals surface area (Å²) in [5.74, 6) is 1.01. The molecule has 5 heteroatoms. The van der Waals surface area contributed by atoms with Crippen LogP contribution in [0.3, 0.4) is 0 Å². The molecule has 3 aliphatic rings. The van der Waals surface area contributed by atoms with Crippen LogP contribution in [-0.4, -0.2) is 60.4 Å². The molecule has 0 bridgehead atoms. The first kappa shape index (κ1) is 23.3. The molecule has 2 aliphatic heterocycles. The fraction of sp³-hybridized carbons (Fsp3) is 0.704. The van der Waals surface area contributed by atoms with Gasteiger partial charge in [-0.15, -0.1) is 0 Å². The molecule has 176 valence electrons. The van der Waals surface area contributed by atoms with Gasteiger partial charge in [0.25, 0.3) is 5.91 Å². The number of amides is 2. The van der Waals surface area contributed by atoms with E-state index in [-0.39, 0.29) is 23.8 Å². The number of likely N-dealkylation sites (tertiary alicyclic amines) is 2.